The second kappa shape index (κ2) is 6.09. The van der Waals surface area contributed by atoms with E-state index in [2.05, 4.69) is 13.8 Å². The van der Waals surface area contributed by atoms with Crippen LogP contribution in [0.2, 0.25) is 0 Å². The third-order valence-electron chi connectivity index (χ3n) is 4.01. The fraction of sp³-hybridized carbons (Fsp3) is 0.562. The van der Waals surface area contributed by atoms with Gasteiger partial charge >= 0.3 is 0 Å². The van der Waals surface area contributed by atoms with Crippen molar-refractivity contribution in [1.82, 2.24) is 0 Å². The number of amides is 1. The third kappa shape index (κ3) is 2.91. The highest BCUT2D eigenvalue weighted by molar-refractivity contribution is 5.97. The van der Waals surface area contributed by atoms with Crippen molar-refractivity contribution in [2.45, 2.75) is 46.0 Å². The van der Waals surface area contributed by atoms with Gasteiger partial charge in [-0.3, -0.25) is 4.79 Å². The molecule has 1 atom stereocenters. The lowest BCUT2D eigenvalue weighted by Crippen LogP contribution is -2.34. The monoisotopic (exact) mass is 260 g/mol. The van der Waals surface area contributed by atoms with Crippen LogP contribution in [0.4, 0.5) is 11.4 Å². The van der Waals surface area contributed by atoms with Gasteiger partial charge in [-0.1, -0.05) is 26.7 Å². The molecule has 1 aliphatic heterocycles. The van der Waals surface area contributed by atoms with E-state index in [9.17, 15) is 4.79 Å². The quantitative estimate of drug-likeness (QED) is 0.825. The Morgan fingerprint density at radius 3 is 2.89 bits per heavy atom. The summed E-state index contributed by atoms with van der Waals surface area (Å²) >= 11 is 0. The predicted molar refractivity (Wildman–Crippen MR) is 80.2 cm³/mol. The van der Waals surface area contributed by atoms with Gasteiger partial charge in [0.05, 0.1) is 0 Å². The molecule has 0 saturated heterocycles. The molecule has 2 rings (SSSR count). The Morgan fingerprint density at radius 1 is 1.42 bits per heavy atom. The van der Waals surface area contributed by atoms with E-state index in [0.717, 1.165) is 50.0 Å². The standard InChI is InChI=1S/C16H24N2O/c1-3-5-6-12(4-2)16(19)18-10-9-13-11-14(17)7-8-15(13)18/h7-8,11-12H,3-6,9-10,17H2,1-2H3. The number of nitrogens with two attached hydrogens (primary N) is 1. The second-order valence-corrected chi connectivity index (χ2v) is 5.38. The molecule has 1 amide bonds. The highest BCUT2D eigenvalue weighted by Crippen LogP contribution is 2.31. The van der Waals surface area contributed by atoms with Crippen LogP contribution >= 0.6 is 0 Å². The largest absolute Gasteiger partial charge is 0.399 e. The van der Waals surface area contributed by atoms with Crippen molar-refractivity contribution in [3.05, 3.63) is 23.8 Å². The zero-order valence-electron chi connectivity index (χ0n) is 12.0. The molecule has 1 aliphatic rings. The average Bonchev–Trinajstić information content (AvgIpc) is 2.82. The van der Waals surface area contributed by atoms with Crippen LogP contribution in [0.3, 0.4) is 0 Å². The van der Waals surface area contributed by atoms with Crippen molar-refractivity contribution in [3.8, 4) is 0 Å². The zero-order chi connectivity index (χ0) is 13.8. The lowest BCUT2D eigenvalue weighted by atomic mass is 9.97. The van der Waals surface area contributed by atoms with Gasteiger partial charge in [0.1, 0.15) is 0 Å². The summed E-state index contributed by atoms with van der Waals surface area (Å²) in [5.41, 5.74) is 8.86. The van der Waals surface area contributed by atoms with Crippen LogP contribution in [0.5, 0.6) is 0 Å². The van der Waals surface area contributed by atoms with E-state index in [1.807, 2.05) is 23.1 Å². The van der Waals surface area contributed by atoms with Gasteiger partial charge < -0.3 is 10.6 Å². The molecule has 3 nitrogen and oxygen atoms in total. The van der Waals surface area contributed by atoms with Crippen LogP contribution < -0.4 is 10.6 Å². The molecular weight excluding hydrogens is 236 g/mol. The summed E-state index contributed by atoms with van der Waals surface area (Å²) in [5.74, 6) is 0.461. The Labute approximate surface area is 115 Å². The average molecular weight is 260 g/mol. The fourth-order valence-corrected chi connectivity index (χ4v) is 2.82. The summed E-state index contributed by atoms with van der Waals surface area (Å²) in [6, 6.07) is 5.87. The summed E-state index contributed by atoms with van der Waals surface area (Å²) < 4.78 is 0. The Bertz CT molecular complexity index is 456. The molecule has 1 aromatic carbocycles. The summed E-state index contributed by atoms with van der Waals surface area (Å²) in [6.07, 6.45) is 5.15. The first-order valence-electron chi connectivity index (χ1n) is 7.37. The summed E-state index contributed by atoms with van der Waals surface area (Å²) in [6.45, 7) is 5.09. The summed E-state index contributed by atoms with van der Waals surface area (Å²) in [7, 11) is 0. The number of unbranched alkanes of at least 4 members (excludes halogenated alkanes) is 1. The van der Waals surface area contributed by atoms with Gasteiger partial charge in [0.15, 0.2) is 0 Å². The maximum absolute atomic E-state index is 12.6. The number of anilines is 2. The molecule has 0 bridgehead atoms. The molecule has 104 valence electrons. The molecule has 1 aromatic rings. The van der Waals surface area contributed by atoms with E-state index >= 15 is 0 Å². The number of benzene rings is 1. The molecule has 1 heterocycles. The van der Waals surface area contributed by atoms with Crippen molar-refractivity contribution < 1.29 is 4.79 Å². The van der Waals surface area contributed by atoms with E-state index in [-0.39, 0.29) is 5.92 Å². The fourth-order valence-electron chi connectivity index (χ4n) is 2.82. The van der Waals surface area contributed by atoms with E-state index in [1.54, 1.807) is 0 Å². The molecule has 0 saturated carbocycles. The molecule has 0 aliphatic carbocycles. The molecular formula is C16H24N2O. The maximum Gasteiger partial charge on any atom is 0.230 e. The van der Waals surface area contributed by atoms with E-state index in [4.69, 9.17) is 5.73 Å². The number of fused-ring (bicyclic) bond motifs is 1. The Morgan fingerprint density at radius 2 is 2.21 bits per heavy atom. The number of nitrogens with zero attached hydrogens (tertiary/aromatic N) is 1. The van der Waals surface area contributed by atoms with E-state index in [1.165, 1.54) is 5.56 Å². The molecule has 19 heavy (non-hydrogen) atoms. The van der Waals surface area contributed by atoms with Crippen molar-refractivity contribution in [2.75, 3.05) is 17.2 Å². The van der Waals surface area contributed by atoms with E-state index < -0.39 is 0 Å². The number of carbonyl (C=O) groups excluding carboxylic acids is 1. The first-order chi connectivity index (χ1) is 9.17. The second-order valence-electron chi connectivity index (χ2n) is 5.38. The molecule has 0 radical (unpaired) electrons. The first-order valence-corrected chi connectivity index (χ1v) is 7.37. The normalized spacial score (nSPS) is 15.4. The highest BCUT2D eigenvalue weighted by atomic mass is 16.2. The van der Waals surface area contributed by atoms with Crippen molar-refractivity contribution in [3.63, 3.8) is 0 Å². The summed E-state index contributed by atoms with van der Waals surface area (Å²) in [5, 5.41) is 0. The lowest BCUT2D eigenvalue weighted by Gasteiger charge is -2.23. The number of nitrogen functional groups attached to an aromatic ring is 1. The molecule has 1 unspecified atom stereocenters. The van der Waals surface area contributed by atoms with E-state index in [0.29, 0.717) is 5.91 Å². The minimum Gasteiger partial charge on any atom is -0.399 e. The molecule has 2 N–H and O–H groups in total. The molecule has 0 aromatic heterocycles. The predicted octanol–water partition coefficient (Wildman–Crippen LogP) is 3.37. The smallest absolute Gasteiger partial charge is 0.230 e. The number of hydrogen-bond acceptors (Lipinski definition) is 2. The van der Waals surface area contributed by atoms with Gasteiger partial charge in [0.2, 0.25) is 5.91 Å². The molecule has 3 heteroatoms. The number of rotatable bonds is 5. The molecule has 0 spiro atoms. The number of hydrogen-bond donors (Lipinski definition) is 1. The van der Waals surface area contributed by atoms with Crippen LogP contribution in [0.1, 0.15) is 45.1 Å². The van der Waals surface area contributed by atoms with Gasteiger partial charge in [0, 0.05) is 23.8 Å². The minimum atomic E-state index is 0.170. The highest BCUT2D eigenvalue weighted by Gasteiger charge is 2.28. The Balaban J connectivity index is 2.13. The zero-order valence-corrected chi connectivity index (χ0v) is 12.0. The Kier molecular flexibility index (Phi) is 4.46. The van der Waals surface area contributed by atoms with Gasteiger partial charge in [-0.15, -0.1) is 0 Å². The van der Waals surface area contributed by atoms with Gasteiger partial charge in [-0.25, -0.2) is 0 Å². The van der Waals surface area contributed by atoms with Crippen LogP contribution in [0.15, 0.2) is 18.2 Å². The van der Waals surface area contributed by atoms with Crippen LogP contribution in [-0.4, -0.2) is 12.5 Å². The van der Waals surface area contributed by atoms with Gasteiger partial charge in [0.25, 0.3) is 0 Å². The molecule has 0 fully saturated rings. The maximum atomic E-state index is 12.6. The first kappa shape index (κ1) is 13.9. The summed E-state index contributed by atoms with van der Waals surface area (Å²) in [4.78, 5) is 14.6. The van der Waals surface area contributed by atoms with Crippen LogP contribution in [0.25, 0.3) is 0 Å². The van der Waals surface area contributed by atoms with Gasteiger partial charge in [-0.2, -0.15) is 0 Å². The topological polar surface area (TPSA) is 46.3 Å². The number of carbonyl (C=O) groups is 1. The Hall–Kier alpha value is -1.51. The minimum absolute atomic E-state index is 0.170. The van der Waals surface area contributed by atoms with Crippen LogP contribution in [0, 0.1) is 5.92 Å². The van der Waals surface area contributed by atoms with Crippen molar-refractivity contribution in [2.24, 2.45) is 5.92 Å². The third-order valence-corrected chi connectivity index (χ3v) is 4.01. The SMILES string of the molecule is CCCCC(CC)C(=O)N1CCc2cc(N)ccc21. The van der Waals surface area contributed by atoms with Crippen molar-refractivity contribution in [1.29, 1.82) is 0 Å². The van der Waals surface area contributed by atoms with Crippen LogP contribution in [-0.2, 0) is 11.2 Å². The lowest BCUT2D eigenvalue weighted by molar-refractivity contribution is -0.122. The van der Waals surface area contributed by atoms with Crippen molar-refractivity contribution >= 4 is 17.3 Å². The van der Waals surface area contributed by atoms with Gasteiger partial charge in [-0.05, 0) is 43.0 Å².